The van der Waals surface area contributed by atoms with Gasteiger partial charge in [0, 0.05) is 16.3 Å². The first-order valence-corrected chi connectivity index (χ1v) is 10.7. The van der Waals surface area contributed by atoms with Crippen molar-refractivity contribution in [2.24, 2.45) is 0 Å². The van der Waals surface area contributed by atoms with E-state index < -0.39 is 17.7 Å². The molecular weight excluding hydrogens is 462 g/mol. The molecule has 0 saturated carbocycles. The predicted molar refractivity (Wildman–Crippen MR) is 126 cm³/mol. The predicted octanol–water partition coefficient (Wildman–Crippen LogP) is 4.15. The van der Waals surface area contributed by atoms with Gasteiger partial charge in [-0.05, 0) is 35.9 Å². The van der Waals surface area contributed by atoms with E-state index in [1.165, 1.54) is 6.08 Å². The van der Waals surface area contributed by atoms with Crippen molar-refractivity contribution in [3.05, 3.63) is 81.9 Å². The molecule has 4 rings (SSSR count). The number of allylic oxidation sites excluding steroid dienone is 3. The number of nitrogens with zero attached hydrogens (tertiary/aromatic N) is 2. The molecule has 9 heteroatoms. The molecule has 2 aliphatic rings. The van der Waals surface area contributed by atoms with Crippen LogP contribution in [0.3, 0.4) is 0 Å². The van der Waals surface area contributed by atoms with Gasteiger partial charge in [0.15, 0.2) is 6.61 Å². The highest BCUT2D eigenvalue weighted by atomic mass is 35.5. The Hall–Kier alpha value is -3.80. The number of fused-ring (bicyclic) bond motifs is 1. The topological polar surface area (TPSA) is 99.5 Å². The van der Waals surface area contributed by atoms with Gasteiger partial charge in [0.1, 0.15) is 11.8 Å². The number of hydrogen-bond donors (Lipinski definition) is 1. The highest BCUT2D eigenvalue weighted by Crippen LogP contribution is 2.31. The van der Waals surface area contributed by atoms with Crippen molar-refractivity contribution in [1.29, 1.82) is 5.26 Å². The zero-order valence-electron chi connectivity index (χ0n) is 17.1. The number of carbonyl (C=O) groups excluding carboxylic acids is 3. The summed E-state index contributed by atoms with van der Waals surface area (Å²) in [6, 6.07) is 13.4. The molecule has 164 valence electrons. The Labute approximate surface area is 199 Å². The molecule has 0 aromatic heterocycles. The third-order valence-electron chi connectivity index (χ3n) is 5.10. The van der Waals surface area contributed by atoms with E-state index in [0.29, 0.717) is 27.6 Å². The molecule has 3 amide bonds. The number of imide groups is 1. The Morgan fingerprint density at radius 1 is 1.21 bits per heavy atom. The molecule has 1 aliphatic carbocycles. The second kappa shape index (κ2) is 9.36. The van der Waals surface area contributed by atoms with Gasteiger partial charge in [-0.1, -0.05) is 48.1 Å². The minimum atomic E-state index is -0.521. The fourth-order valence-corrected chi connectivity index (χ4v) is 3.99. The van der Waals surface area contributed by atoms with Crippen molar-refractivity contribution >= 4 is 52.1 Å². The van der Waals surface area contributed by atoms with Crippen LogP contribution in [0.5, 0.6) is 5.75 Å². The van der Waals surface area contributed by atoms with E-state index >= 15 is 0 Å². The SMILES string of the molecule is N#CCOc1cccc(CN2C(=O)c3cccc(NC(=O)C4=CC(Cl)=CCC4=S)c3C2=O)c1. The summed E-state index contributed by atoms with van der Waals surface area (Å²) in [5, 5.41) is 11.8. The van der Waals surface area contributed by atoms with Gasteiger partial charge in [-0.2, -0.15) is 5.26 Å². The van der Waals surface area contributed by atoms with E-state index in [1.807, 2.05) is 6.07 Å². The van der Waals surface area contributed by atoms with E-state index in [4.69, 9.17) is 33.8 Å². The lowest BCUT2D eigenvalue weighted by molar-refractivity contribution is -0.112. The molecule has 33 heavy (non-hydrogen) atoms. The minimum Gasteiger partial charge on any atom is -0.479 e. The molecule has 0 unspecified atom stereocenters. The summed E-state index contributed by atoms with van der Waals surface area (Å²) in [6.45, 7) is -0.0977. The Kier molecular flexibility index (Phi) is 6.36. The molecule has 1 N–H and O–H groups in total. The van der Waals surface area contributed by atoms with Gasteiger partial charge in [-0.15, -0.1) is 0 Å². The van der Waals surface area contributed by atoms with E-state index in [-0.39, 0.29) is 35.5 Å². The first kappa shape index (κ1) is 22.4. The molecule has 0 radical (unpaired) electrons. The van der Waals surface area contributed by atoms with Crippen LogP contribution < -0.4 is 10.1 Å². The van der Waals surface area contributed by atoms with Crippen LogP contribution in [0.4, 0.5) is 5.69 Å². The summed E-state index contributed by atoms with van der Waals surface area (Å²) >= 11 is 11.3. The van der Waals surface area contributed by atoms with Crippen molar-refractivity contribution in [3.8, 4) is 11.8 Å². The average molecular weight is 478 g/mol. The maximum Gasteiger partial charge on any atom is 0.263 e. The normalized spacial score (nSPS) is 14.9. The molecule has 1 aliphatic heterocycles. The largest absolute Gasteiger partial charge is 0.479 e. The molecule has 2 aromatic carbocycles. The first-order valence-electron chi connectivity index (χ1n) is 9.89. The maximum atomic E-state index is 13.2. The molecular formula is C24H16ClN3O4S. The zero-order chi connectivity index (χ0) is 23.5. The summed E-state index contributed by atoms with van der Waals surface area (Å²) in [4.78, 5) is 40.5. The zero-order valence-corrected chi connectivity index (χ0v) is 18.7. The monoisotopic (exact) mass is 477 g/mol. The third kappa shape index (κ3) is 4.55. The number of halogens is 1. The van der Waals surface area contributed by atoms with Gasteiger partial charge in [-0.25, -0.2) is 0 Å². The molecule has 2 aromatic rings. The van der Waals surface area contributed by atoms with E-state index in [2.05, 4.69) is 5.32 Å². The Morgan fingerprint density at radius 2 is 2.00 bits per heavy atom. The second-order valence-electron chi connectivity index (χ2n) is 7.25. The first-order chi connectivity index (χ1) is 15.9. The number of carbonyl (C=O) groups is 3. The molecule has 0 saturated heterocycles. The molecule has 0 atom stereocenters. The highest BCUT2D eigenvalue weighted by molar-refractivity contribution is 7.81. The van der Waals surface area contributed by atoms with Crippen molar-refractivity contribution in [2.75, 3.05) is 11.9 Å². The number of benzene rings is 2. The number of rotatable bonds is 6. The summed E-state index contributed by atoms with van der Waals surface area (Å²) in [7, 11) is 0. The standard InChI is InChI=1S/C24H16ClN3O4S/c25-15-7-8-20(33)18(12-15)22(29)27-19-6-2-5-17-21(19)24(31)28(23(17)30)13-14-3-1-4-16(11-14)32-10-9-26/h1-7,11-12H,8,10,13H2,(H,27,29). The third-order valence-corrected chi connectivity index (χ3v) is 5.75. The van der Waals surface area contributed by atoms with E-state index in [9.17, 15) is 14.4 Å². The van der Waals surface area contributed by atoms with Crippen LogP contribution in [-0.2, 0) is 11.3 Å². The lowest BCUT2D eigenvalue weighted by Gasteiger charge is -2.15. The number of amides is 3. The molecule has 0 bridgehead atoms. The molecule has 7 nitrogen and oxygen atoms in total. The smallest absolute Gasteiger partial charge is 0.263 e. The van der Waals surface area contributed by atoms with E-state index in [1.54, 1.807) is 48.5 Å². The summed E-state index contributed by atoms with van der Waals surface area (Å²) in [6.07, 6.45) is 3.57. The summed E-state index contributed by atoms with van der Waals surface area (Å²) in [5.74, 6) is -1.02. The fourth-order valence-electron chi connectivity index (χ4n) is 3.57. The lowest BCUT2D eigenvalue weighted by Crippen LogP contribution is -2.29. The summed E-state index contributed by atoms with van der Waals surface area (Å²) in [5.41, 5.74) is 1.45. The van der Waals surface area contributed by atoms with Crippen molar-refractivity contribution in [1.82, 2.24) is 4.90 Å². The van der Waals surface area contributed by atoms with E-state index in [0.717, 1.165) is 4.90 Å². The maximum absolute atomic E-state index is 13.2. The lowest BCUT2D eigenvalue weighted by atomic mass is 10.0. The van der Waals surface area contributed by atoms with Crippen LogP contribution in [0.1, 0.15) is 32.7 Å². The summed E-state index contributed by atoms with van der Waals surface area (Å²) < 4.78 is 5.29. The van der Waals surface area contributed by atoms with Gasteiger partial charge in [0.05, 0.1) is 28.9 Å². The van der Waals surface area contributed by atoms with Gasteiger partial charge in [-0.3, -0.25) is 19.3 Å². The van der Waals surface area contributed by atoms with Crippen molar-refractivity contribution in [2.45, 2.75) is 13.0 Å². The number of nitriles is 1. The Balaban J connectivity index is 1.58. The van der Waals surface area contributed by atoms with Crippen LogP contribution in [0, 0.1) is 11.3 Å². The van der Waals surface area contributed by atoms with Crippen LogP contribution in [0.15, 0.2) is 65.2 Å². The van der Waals surface area contributed by atoms with Crippen LogP contribution in [0.25, 0.3) is 0 Å². The Morgan fingerprint density at radius 3 is 2.79 bits per heavy atom. The molecule has 0 spiro atoms. The van der Waals surface area contributed by atoms with Gasteiger partial charge in [0.2, 0.25) is 0 Å². The Bertz CT molecular complexity index is 1310. The second-order valence-corrected chi connectivity index (χ2v) is 8.18. The number of anilines is 1. The number of thiocarbonyl (C=S) groups is 1. The number of ether oxygens (including phenoxy) is 1. The van der Waals surface area contributed by atoms with Crippen LogP contribution in [-0.4, -0.2) is 34.1 Å². The van der Waals surface area contributed by atoms with Crippen LogP contribution in [0.2, 0.25) is 0 Å². The number of nitrogens with one attached hydrogen (secondary N) is 1. The minimum absolute atomic E-state index is 0.0130. The average Bonchev–Trinajstić information content (AvgIpc) is 3.05. The van der Waals surface area contributed by atoms with Crippen LogP contribution >= 0.6 is 23.8 Å². The van der Waals surface area contributed by atoms with Crippen molar-refractivity contribution in [3.63, 3.8) is 0 Å². The number of hydrogen-bond acceptors (Lipinski definition) is 6. The van der Waals surface area contributed by atoms with Gasteiger partial charge in [0.25, 0.3) is 17.7 Å². The van der Waals surface area contributed by atoms with Crippen molar-refractivity contribution < 1.29 is 19.1 Å². The fraction of sp³-hybridized carbons (Fsp3) is 0.125. The van der Waals surface area contributed by atoms with Gasteiger partial charge >= 0.3 is 0 Å². The molecule has 0 fully saturated rings. The quantitative estimate of drug-likeness (QED) is 0.495. The molecule has 1 heterocycles. The van der Waals surface area contributed by atoms with Gasteiger partial charge < -0.3 is 10.1 Å². The highest BCUT2D eigenvalue weighted by Gasteiger charge is 2.38.